The minimum absolute atomic E-state index is 0.0315. The first-order chi connectivity index (χ1) is 14.5. The predicted molar refractivity (Wildman–Crippen MR) is 118 cm³/mol. The van der Waals surface area contributed by atoms with Gasteiger partial charge >= 0.3 is 0 Å². The van der Waals surface area contributed by atoms with Gasteiger partial charge in [-0.25, -0.2) is 4.98 Å². The van der Waals surface area contributed by atoms with Crippen LogP contribution < -0.4 is 10.6 Å². The maximum absolute atomic E-state index is 13.3. The Morgan fingerprint density at radius 2 is 2.20 bits per heavy atom. The molecule has 2 aromatic heterocycles. The Balaban J connectivity index is 1.42. The molecule has 1 saturated heterocycles. The molecule has 2 aliphatic heterocycles. The number of aromatic nitrogens is 2. The number of imidazole rings is 1. The number of hydrogen-bond acceptors (Lipinski definition) is 6. The van der Waals surface area contributed by atoms with Crippen LogP contribution in [0.25, 0.3) is 0 Å². The number of furan rings is 1. The number of carbonyl (C=O) groups excluding carboxylic acids is 2. The molecule has 162 valence electrons. The molecule has 0 radical (unpaired) electrons. The molecule has 2 aromatic rings. The summed E-state index contributed by atoms with van der Waals surface area (Å²) < 4.78 is 5.82. The molecule has 2 aliphatic rings. The van der Waals surface area contributed by atoms with Crippen molar-refractivity contribution in [2.24, 2.45) is 0 Å². The Kier molecular flexibility index (Phi) is 6.54. The molecular formula is C20H26BrN5O3S. The van der Waals surface area contributed by atoms with Gasteiger partial charge in [0.25, 0.3) is 5.91 Å². The van der Waals surface area contributed by atoms with Crippen LogP contribution in [-0.4, -0.2) is 64.4 Å². The highest BCUT2D eigenvalue weighted by atomic mass is 79.9. The summed E-state index contributed by atoms with van der Waals surface area (Å²) in [5.41, 5.74) is 2.13. The Bertz CT molecular complexity index is 906. The number of fused-ring (bicyclic) bond motifs is 2. The van der Waals surface area contributed by atoms with Gasteiger partial charge in [-0.1, -0.05) is 0 Å². The molecule has 4 rings (SSSR count). The second kappa shape index (κ2) is 9.15. The van der Waals surface area contributed by atoms with Gasteiger partial charge in [0.1, 0.15) is 6.04 Å². The van der Waals surface area contributed by atoms with Crippen molar-refractivity contribution in [3.8, 4) is 0 Å². The SMILES string of the molecule is CSCC[C@@H](NC(=O)c1ccc(Br)o1)C(=O)N1CCC2(CC1)NCCc1[nH]cnc12. The third-order valence-electron chi connectivity index (χ3n) is 5.95. The summed E-state index contributed by atoms with van der Waals surface area (Å²) in [5.74, 6) is 0.577. The molecule has 0 aromatic carbocycles. The highest BCUT2D eigenvalue weighted by molar-refractivity contribution is 9.10. The van der Waals surface area contributed by atoms with Crippen LogP contribution in [0.3, 0.4) is 0 Å². The van der Waals surface area contributed by atoms with E-state index in [1.807, 2.05) is 11.2 Å². The van der Waals surface area contributed by atoms with Crippen molar-refractivity contribution in [1.29, 1.82) is 0 Å². The van der Waals surface area contributed by atoms with E-state index in [1.165, 1.54) is 5.69 Å². The fourth-order valence-corrected chi connectivity index (χ4v) is 5.11. The fraction of sp³-hybridized carbons (Fsp3) is 0.550. The molecule has 0 aliphatic carbocycles. The van der Waals surface area contributed by atoms with Crippen molar-refractivity contribution < 1.29 is 14.0 Å². The number of likely N-dealkylation sites (tertiary alicyclic amines) is 1. The third-order valence-corrected chi connectivity index (χ3v) is 7.02. The standard InChI is InChI=1S/C20H26BrN5O3S/c1-30-11-5-14(25-18(27)15-2-3-16(21)29-15)19(28)26-9-6-20(7-10-26)17-13(4-8-24-20)22-12-23-17/h2-3,12,14,24H,4-11H2,1H3,(H,22,23)(H,25,27)/t14-/m1/s1. The summed E-state index contributed by atoms with van der Waals surface area (Å²) in [6.07, 6.45) is 6.91. The van der Waals surface area contributed by atoms with E-state index < -0.39 is 6.04 Å². The third kappa shape index (κ3) is 4.31. The predicted octanol–water partition coefficient (Wildman–Crippen LogP) is 2.28. The zero-order chi connectivity index (χ0) is 21.1. The Hall–Kier alpha value is -1.78. The van der Waals surface area contributed by atoms with Gasteiger partial charge < -0.3 is 24.9 Å². The summed E-state index contributed by atoms with van der Waals surface area (Å²) >= 11 is 4.86. The van der Waals surface area contributed by atoms with Crippen LogP contribution in [0.5, 0.6) is 0 Å². The number of halogens is 1. The lowest BCUT2D eigenvalue weighted by Crippen LogP contribution is -2.57. The molecule has 1 fully saturated rings. The van der Waals surface area contributed by atoms with Crippen LogP contribution >= 0.6 is 27.7 Å². The minimum Gasteiger partial charge on any atom is -0.444 e. The van der Waals surface area contributed by atoms with Crippen LogP contribution in [-0.2, 0) is 16.8 Å². The average molecular weight is 496 g/mol. The molecular weight excluding hydrogens is 470 g/mol. The van der Waals surface area contributed by atoms with Crippen molar-refractivity contribution >= 4 is 39.5 Å². The molecule has 10 heteroatoms. The van der Waals surface area contributed by atoms with Gasteiger partial charge in [0, 0.05) is 31.7 Å². The van der Waals surface area contributed by atoms with Crippen molar-refractivity contribution in [1.82, 2.24) is 25.5 Å². The maximum Gasteiger partial charge on any atom is 0.287 e. The number of H-pyrrole nitrogens is 1. The maximum atomic E-state index is 13.3. The summed E-state index contributed by atoms with van der Waals surface area (Å²) in [4.78, 5) is 35.5. The van der Waals surface area contributed by atoms with Crippen LogP contribution in [0, 0.1) is 0 Å². The molecule has 8 nitrogen and oxygen atoms in total. The number of hydrogen-bond donors (Lipinski definition) is 3. The van der Waals surface area contributed by atoms with E-state index in [0.29, 0.717) is 24.2 Å². The van der Waals surface area contributed by atoms with Gasteiger partial charge in [-0.3, -0.25) is 9.59 Å². The van der Waals surface area contributed by atoms with Gasteiger partial charge in [-0.05, 0) is 59.3 Å². The molecule has 1 spiro atoms. The Labute approximate surface area is 188 Å². The largest absolute Gasteiger partial charge is 0.444 e. The number of aromatic amines is 1. The summed E-state index contributed by atoms with van der Waals surface area (Å²) in [6, 6.07) is 2.69. The molecule has 4 heterocycles. The zero-order valence-corrected chi connectivity index (χ0v) is 19.3. The quantitative estimate of drug-likeness (QED) is 0.567. The van der Waals surface area contributed by atoms with E-state index in [0.717, 1.165) is 37.3 Å². The van der Waals surface area contributed by atoms with Gasteiger partial charge in [-0.2, -0.15) is 11.8 Å². The molecule has 2 amide bonds. The molecule has 0 unspecified atom stereocenters. The number of nitrogens with zero attached hydrogens (tertiary/aromatic N) is 2. The first-order valence-corrected chi connectivity index (χ1v) is 12.3. The van der Waals surface area contributed by atoms with Crippen molar-refractivity contribution in [3.63, 3.8) is 0 Å². The zero-order valence-electron chi connectivity index (χ0n) is 16.9. The highest BCUT2D eigenvalue weighted by Gasteiger charge is 2.42. The number of carbonyl (C=O) groups is 2. The topological polar surface area (TPSA) is 103 Å². The van der Waals surface area contributed by atoms with Gasteiger partial charge in [-0.15, -0.1) is 0 Å². The fourth-order valence-electron chi connectivity index (χ4n) is 4.34. The first-order valence-electron chi connectivity index (χ1n) is 10.1. The van der Waals surface area contributed by atoms with Gasteiger partial charge in [0.05, 0.1) is 17.6 Å². The summed E-state index contributed by atoms with van der Waals surface area (Å²) in [5, 5.41) is 6.52. The Morgan fingerprint density at radius 3 is 2.90 bits per heavy atom. The van der Waals surface area contributed by atoms with E-state index in [-0.39, 0.29) is 23.1 Å². The molecule has 3 N–H and O–H groups in total. The molecule has 30 heavy (non-hydrogen) atoms. The number of nitrogens with one attached hydrogen (secondary N) is 3. The normalized spacial score (nSPS) is 18.8. The van der Waals surface area contributed by atoms with Crippen LogP contribution in [0.15, 0.2) is 27.5 Å². The minimum atomic E-state index is -0.567. The lowest BCUT2D eigenvalue weighted by atomic mass is 9.80. The van der Waals surface area contributed by atoms with E-state index in [2.05, 4.69) is 36.5 Å². The number of rotatable bonds is 6. The summed E-state index contributed by atoms with van der Waals surface area (Å²) in [7, 11) is 0. The lowest BCUT2D eigenvalue weighted by Gasteiger charge is -2.44. The van der Waals surface area contributed by atoms with E-state index in [4.69, 9.17) is 4.42 Å². The van der Waals surface area contributed by atoms with Crippen LogP contribution in [0.2, 0.25) is 0 Å². The van der Waals surface area contributed by atoms with Gasteiger partial charge in [0.2, 0.25) is 5.91 Å². The summed E-state index contributed by atoms with van der Waals surface area (Å²) in [6.45, 7) is 2.18. The average Bonchev–Trinajstić information content (AvgIpc) is 3.41. The van der Waals surface area contributed by atoms with Crippen LogP contribution in [0.1, 0.15) is 41.2 Å². The first kappa shape index (κ1) is 21.5. The second-order valence-corrected chi connectivity index (χ2v) is 9.49. The molecule has 1 atom stereocenters. The van der Waals surface area contributed by atoms with E-state index in [9.17, 15) is 9.59 Å². The highest BCUT2D eigenvalue weighted by Crippen LogP contribution is 2.36. The van der Waals surface area contributed by atoms with Crippen molar-refractivity contribution in [2.75, 3.05) is 31.6 Å². The lowest BCUT2D eigenvalue weighted by molar-refractivity contribution is -0.135. The van der Waals surface area contributed by atoms with E-state index in [1.54, 1.807) is 30.2 Å². The number of thioether (sulfide) groups is 1. The van der Waals surface area contributed by atoms with Gasteiger partial charge in [0.15, 0.2) is 10.4 Å². The van der Waals surface area contributed by atoms with E-state index >= 15 is 0 Å². The molecule has 0 saturated carbocycles. The second-order valence-electron chi connectivity index (χ2n) is 7.73. The monoisotopic (exact) mass is 495 g/mol. The Morgan fingerprint density at radius 1 is 1.40 bits per heavy atom. The van der Waals surface area contributed by atoms with Crippen molar-refractivity contribution in [2.45, 2.75) is 37.3 Å². The number of amides is 2. The van der Waals surface area contributed by atoms with Crippen LogP contribution in [0.4, 0.5) is 0 Å². The van der Waals surface area contributed by atoms with Crippen molar-refractivity contribution in [3.05, 3.63) is 40.3 Å². The smallest absolute Gasteiger partial charge is 0.287 e. The number of piperidine rings is 1. The molecule has 0 bridgehead atoms.